The van der Waals surface area contributed by atoms with Crippen molar-refractivity contribution in [3.05, 3.63) is 0 Å². The maximum atomic E-state index is 10.4. The van der Waals surface area contributed by atoms with E-state index in [2.05, 4.69) is 0 Å². The van der Waals surface area contributed by atoms with E-state index >= 15 is 0 Å². The highest BCUT2D eigenvalue weighted by atomic mass is 16.2. The van der Waals surface area contributed by atoms with Crippen LogP contribution in [0.3, 0.4) is 0 Å². The molecule has 0 aromatic carbocycles. The van der Waals surface area contributed by atoms with Crippen molar-refractivity contribution < 1.29 is 9.59 Å². The molecular formula is C5H9N2O2. The Morgan fingerprint density at radius 2 is 1.89 bits per heavy atom. The van der Waals surface area contributed by atoms with Crippen LogP contribution in [0.5, 0.6) is 0 Å². The zero-order valence-corrected chi connectivity index (χ0v) is 5.71. The summed E-state index contributed by atoms with van der Waals surface area (Å²) < 4.78 is 0. The Hall–Kier alpha value is -1.06. The van der Waals surface area contributed by atoms with E-state index in [4.69, 9.17) is 0 Å². The Morgan fingerprint density at radius 3 is 2.00 bits per heavy atom. The molecule has 2 amide bonds. The summed E-state index contributed by atoms with van der Waals surface area (Å²) in [5.41, 5.74) is 0. The van der Waals surface area contributed by atoms with Crippen LogP contribution in [0.25, 0.3) is 0 Å². The minimum atomic E-state index is -0.194. The summed E-state index contributed by atoms with van der Waals surface area (Å²) in [6, 6.07) is 0. The zero-order valence-electron chi connectivity index (χ0n) is 5.71. The number of rotatable bonds is 2. The summed E-state index contributed by atoms with van der Waals surface area (Å²) in [6.45, 7) is 1.37. The van der Waals surface area contributed by atoms with Crippen molar-refractivity contribution in [1.82, 2.24) is 10.0 Å². The predicted octanol–water partition coefficient (Wildman–Crippen LogP) is -0.621. The standard InChI is InChI=1S/C5H9N2O2/c1-5(9)7(3)6(2)4-8/h1-3H3. The van der Waals surface area contributed by atoms with Crippen molar-refractivity contribution in [2.75, 3.05) is 14.1 Å². The number of hydrogen-bond donors (Lipinski definition) is 0. The average Bonchev–Trinajstić information content (AvgIpc) is 1.84. The van der Waals surface area contributed by atoms with Gasteiger partial charge in [0.05, 0.1) is 0 Å². The van der Waals surface area contributed by atoms with Gasteiger partial charge in [-0.1, -0.05) is 0 Å². The maximum absolute atomic E-state index is 10.4. The van der Waals surface area contributed by atoms with Crippen molar-refractivity contribution in [3.63, 3.8) is 0 Å². The van der Waals surface area contributed by atoms with E-state index < -0.39 is 0 Å². The fraction of sp³-hybridized carbons (Fsp3) is 0.600. The molecule has 4 heteroatoms. The fourth-order valence-corrected chi connectivity index (χ4v) is 0.272. The molecule has 0 aromatic rings. The number of amides is 2. The summed E-state index contributed by atoms with van der Waals surface area (Å²) in [5, 5.41) is 2.20. The van der Waals surface area contributed by atoms with Gasteiger partial charge in [0.25, 0.3) is 0 Å². The smallest absolute Gasteiger partial charge is 0.273 e. The third-order valence-corrected chi connectivity index (χ3v) is 1.04. The van der Waals surface area contributed by atoms with E-state index in [0.717, 1.165) is 10.0 Å². The molecule has 0 unspecified atom stereocenters. The molecule has 0 aliphatic carbocycles. The first-order chi connectivity index (χ1) is 4.09. The number of hydrogen-bond acceptors (Lipinski definition) is 2. The van der Waals surface area contributed by atoms with Crippen LogP contribution in [0.15, 0.2) is 0 Å². The molecule has 0 rings (SSSR count). The molecule has 0 heterocycles. The normalized spacial score (nSPS) is 8.33. The average molecular weight is 129 g/mol. The van der Waals surface area contributed by atoms with E-state index in [1.807, 2.05) is 0 Å². The van der Waals surface area contributed by atoms with Gasteiger partial charge in [-0.2, -0.15) is 0 Å². The van der Waals surface area contributed by atoms with Crippen LogP contribution >= 0.6 is 0 Å². The first kappa shape index (κ1) is 7.94. The van der Waals surface area contributed by atoms with E-state index in [0.29, 0.717) is 0 Å². The van der Waals surface area contributed by atoms with E-state index in [9.17, 15) is 9.59 Å². The van der Waals surface area contributed by atoms with Crippen LogP contribution < -0.4 is 0 Å². The number of carbonyl (C=O) groups excluding carboxylic acids is 2. The molecular weight excluding hydrogens is 120 g/mol. The molecule has 1 radical (unpaired) electrons. The molecule has 0 aliphatic rings. The lowest BCUT2D eigenvalue weighted by atomic mass is 10.7. The van der Waals surface area contributed by atoms with Crippen LogP contribution in [-0.2, 0) is 9.59 Å². The monoisotopic (exact) mass is 129 g/mol. The van der Waals surface area contributed by atoms with Gasteiger partial charge in [-0.15, -0.1) is 0 Å². The van der Waals surface area contributed by atoms with Crippen LogP contribution in [0.2, 0.25) is 0 Å². The van der Waals surface area contributed by atoms with Gasteiger partial charge in [0.1, 0.15) is 0 Å². The summed E-state index contributed by atoms with van der Waals surface area (Å²) >= 11 is 0. The van der Waals surface area contributed by atoms with Crippen molar-refractivity contribution >= 4 is 12.3 Å². The third kappa shape index (κ3) is 2.12. The van der Waals surface area contributed by atoms with E-state index in [1.165, 1.54) is 27.4 Å². The van der Waals surface area contributed by atoms with Crippen molar-refractivity contribution in [2.45, 2.75) is 6.92 Å². The SMILES string of the molecule is CC(=O)N(C)N(C)[C]=O. The highest BCUT2D eigenvalue weighted by Gasteiger charge is 2.05. The molecule has 0 N–H and O–H groups in total. The first-order valence-electron chi connectivity index (χ1n) is 2.45. The molecule has 0 bridgehead atoms. The van der Waals surface area contributed by atoms with Gasteiger partial charge in [0.2, 0.25) is 5.91 Å². The van der Waals surface area contributed by atoms with Crippen LogP contribution in [0, 0.1) is 0 Å². The molecule has 0 saturated heterocycles. The molecule has 0 aromatic heterocycles. The fourth-order valence-electron chi connectivity index (χ4n) is 0.272. The second kappa shape index (κ2) is 3.06. The maximum Gasteiger partial charge on any atom is 0.332 e. The van der Waals surface area contributed by atoms with Gasteiger partial charge < -0.3 is 0 Å². The highest BCUT2D eigenvalue weighted by molar-refractivity contribution is 5.73. The Kier molecular flexibility index (Phi) is 2.70. The molecule has 9 heavy (non-hydrogen) atoms. The molecule has 0 spiro atoms. The van der Waals surface area contributed by atoms with Gasteiger partial charge in [0.15, 0.2) is 0 Å². The molecule has 51 valence electrons. The van der Waals surface area contributed by atoms with Crippen molar-refractivity contribution in [3.8, 4) is 0 Å². The molecule has 0 saturated carbocycles. The third-order valence-electron chi connectivity index (χ3n) is 1.04. The van der Waals surface area contributed by atoms with E-state index in [1.54, 1.807) is 0 Å². The minimum Gasteiger partial charge on any atom is -0.273 e. The molecule has 4 nitrogen and oxygen atoms in total. The van der Waals surface area contributed by atoms with E-state index in [-0.39, 0.29) is 5.91 Å². The summed E-state index contributed by atoms with van der Waals surface area (Å²) in [5.74, 6) is -0.194. The Labute approximate surface area is 54.0 Å². The number of hydrazine groups is 1. The number of carbonyl (C=O) groups is 1. The number of nitrogens with zero attached hydrogens (tertiary/aromatic N) is 2. The second-order valence-corrected chi connectivity index (χ2v) is 1.66. The van der Waals surface area contributed by atoms with Gasteiger partial charge >= 0.3 is 6.41 Å². The molecule has 0 fully saturated rings. The highest BCUT2D eigenvalue weighted by Crippen LogP contribution is 1.84. The van der Waals surface area contributed by atoms with Crippen LogP contribution in [-0.4, -0.2) is 36.4 Å². The largest absolute Gasteiger partial charge is 0.332 e. The zero-order chi connectivity index (χ0) is 7.44. The van der Waals surface area contributed by atoms with Gasteiger partial charge in [-0.25, -0.2) is 5.01 Å². The lowest BCUT2D eigenvalue weighted by Crippen LogP contribution is -2.38. The minimum absolute atomic E-state index is 0.194. The lowest BCUT2D eigenvalue weighted by Gasteiger charge is -2.21. The Bertz CT molecular complexity index is 124. The predicted molar refractivity (Wildman–Crippen MR) is 31.9 cm³/mol. The van der Waals surface area contributed by atoms with Crippen LogP contribution in [0.1, 0.15) is 6.92 Å². The topological polar surface area (TPSA) is 40.6 Å². The molecule has 0 atom stereocenters. The lowest BCUT2D eigenvalue weighted by molar-refractivity contribution is -0.136. The summed E-state index contributed by atoms with van der Waals surface area (Å²) in [7, 11) is 2.95. The van der Waals surface area contributed by atoms with Gasteiger partial charge in [-0.05, 0) is 0 Å². The van der Waals surface area contributed by atoms with Crippen molar-refractivity contribution in [1.29, 1.82) is 0 Å². The Balaban J connectivity index is 3.86. The second-order valence-electron chi connectivity index (χ2n) is 1.66. The Morgan fingerprint density at radius 1 is 1.44 bits per heavy atom. The summed E-state index contributed by atoms with van der Waals surface area (Å²) in [4.78, 5) is 20.3. The quantitative estimate of drug-likeness (QED) is 0.368. The van der Waals surface area contributed by atoms with Crippen LogP contribution in [0.4, 0.5) is 0 Å². The first-order valence-corrected chi connectivity index (χ1v) is 2.45. The van der Waals surface area contributed by atoms with Gasteiger partial charge in [-0.3, -0.25) is 14.6 Å². The molecule has 0 aliphatic heterocycles. The summed E-state index contributed by atoms with van der Waals surface area (Å²) in [6.07, 6.45) is 1.53. The van der Waals surface area contributed by atoms with Crippen molar-refractivity contribution in [2.24, 2.45) is 0 Å². The van der Waals surface area contributed by atoms with Gasteiger partial charge in [0, 0.05) is 21.0 Å².